The van der Waals surface area contributed by atoms with Crippen LogP contribution in [0.25, 0.3) is 6.08 Å². The van der Waals surface area contributed by atoms with Crippen molar-refractivity contribution in [2.45, 2.75) is 18.9 Å². The highest BCUT2D eigenvalue weighted by Gasteiger charge is 2.38. The Morgan fingerprint density at radius 2 is 2.26 bits per heavy atom. The molecule has 1 atom stereocenters. The first-order chi connectivity index (χ1) is 8.78. The van der Waals surface area contributed by atoms with Gasteiger partial charge in [0, 0.05) is 11.0 Å². The number of carbonyl (C=O) groups is 1. The van der Waals surface area contributed by atoms with Crippen molar-refractivity contribution < 1.29 is 13.2 Å². The van der Waals surface area contributed by atoms with Crippen molar-refractivity contribution in [3.05, 3.63) is 26.9 Å². The Labute approximate surface area is 125 Å². The van der Waals surface area contributed by atoms with Gasteiger partial charge in [-0.2, -0.15) is 0 Å². The molecule has 1 fully saturated rings. The number of thiophene rings is 1. The van der Waals surface area contributed by atoms with E-state index in [4.69, 9.17) is 0 Å². The summed E-state index contributed by atoms with van der Waals surface area (Å²) in [6.07, 6.45) is 3.63. The number of nitrogens with one attached hydrogen (secondary N) is 1. The van der Waals surface area contributed by atoms with Gasteiger partial charge in [-0.15, -0.1) is 11.3 Å². The van der Waals surface area contributed by atoms with Gasteiger partial charge in [0.15, 0.2) is 9.84 Å². The standard InChI is InChI=1S/C12H14BrNO3S2/c1-12(6-7-19(16,17)8-12)14-11(15)5-3-9-2-4-10(13)18-9/h2-5H,6-8H2,1H3,(H,14,15)/b5-3+. The highest BCUT2D eigenvalue weighted by Crippen LogP contribution is 2.24. The molecule has 19 heavy (non-hydrogen) atoms. The number of rotatable bonds is 3. The number of amides is 1. The van der Waals surface area contributed by atoms with Gasteiger partial charge in [-0.1, -0.05) is 0 Å². The van der Waals surface area contributed by atoms with Crippen LogP contribution in [0, 0.1) is 0 Å². The summed E-state index contributed by atoms with van der Waals surface area (Å²) in [4.78, 5) is 12.8. The fourth-order valence-corrected chi connectivity index (χ4v) is 5.44. The molecular formula is C12H14BrNO3S2. The quantitative estimate of drug-likeness (QED) is 0.837. The Bertz CT molecular complexity index is 621. The zero-order chi connectivity index (χ0) is 14.1. The molecule has 0 saturated carbocycles. The van der Waals surface area contributed by atoms with Crippen LogP contribution < -0.4 is 5.32 Å². The first-order valence-corrected chi connectivity index (χ1v) is 9.17. The summed E-state index contributed by atoms with van der Waals surface area (Å²) >= 11 is 4.87. The van der Waals surface area contributed by atoms with Gasteiger partial charge in [-0.25, -0.2) is 8.42 Å². The first kappa shape index (κ1) is 14.7. The minimum absolute atomic E-state index is 0.0180. The number of sulfone groups is 1. The molecule has 0 spiro atoms. The largest absolute Gasteiger partial charge is 0.346 e. The molecular weight excluding hydrogens is 350 g/mol. The average molecular weight is 364 g/mol. The van der Waals surface area contributed by atoms with E-state index in [0.717, 1.165) is 8.66 Å². The Balaban J connectivity index is 1.97. The molecule has 2 heterocycles. The van der Waals surface area contributed by atoms with E-state index in [2.05, 4.69) is 21.2 Å². The van der Waals surface area contributed by atoms with Crippen LogP contribution in [0.5, 0.6) is 0 Å². The zero-order valence-corrected chi connectivity index (χ0v) is 13.6. The molecule has 7 heteroatoms. The fraction of sp³-hybridized carbons (Fsp3) is 0.417. The fourth-order valence-electron chi connectivity index (χ4n) is 2.02. The van der Waals surface area contributed by atoms with E-state index in [1.165, 1.54) is 17.4 Å². The lowest BCUT2D eigenvalue weighted by molar-refractivity contribution is -0.117. The smallest absolute Gasteiger partial charge is 0.244 e. The molecule has 1 N–H and O–H groups in total. The number of halogens is 1. The molecule has 0 aliphatic carbocycles. The van der Waals surface area contributed by atoms with Crippen LogP contribution in [0.2, 0.25) is 0 Å². The number of hydrogen-bond donors (Lipinski definition) is 1. The maximum absolute atomic E-state index is 11.8. The van der Waals surface area contributed by atoms with Crippen LogP contribution in [0.4, 0.5) is 0 Å². The highest BCUT2D eigenvalue weighted by molar-refractivity contribution is 9.11. The number of carbonyl (C=O) groups excluding carboxylic acids is 1. The van der Waals surface area contributed by atoms with Crippen molar-refractivity contribution in [3.8, 4) is 0 Å². The van der Waals surface area contributed by atoms with Crippen molar-refractivity contribution >= 4 is 49.1 Å². The second-order valence-corrected chi connectivity index (χ2v) is 9.55. The third-order valence-electron chi connectivity index (χ3n) is 2.92. The van der Waals surface area contributed by atoms with Gasteiger partial charge in [0.2, 0.25) is 5.91 Å². The summed E-state index contributed by atoms with van der Waals surface area (Å²) in [5.74, 6) is -0.0979. The van der Waals surface area contributed by atoms with Crippen molar-refractivity contribution in [2.75, 3.05) is 11.5 Å². The molecule has 4 nitrogen and oxygen atoms in total. The van der Waals surface area contributed by atoms with Crippen molar-refractivity contribution in [2.24, 2.45) is 0 Å². The normalized spacial score (nSPS) is 25.8. The highest BCUT2D eigenvalue weighted by atomic mass is 79.9. The van der Waals surface area contributed by atoms with Gasteiger partial charge in [-0.3, -0.25) is 4.79 Å². The third kappa shape index (κ3) is 4.15. The lowest BCUT2D eigenvalue weighted by Crippen LogP contribution is -2.46. The van der Waals surface area contributed by atoms with Crippen LogP contribution in [0.3, 0.4) is 0 Å². The molecule has 1 saturated heterocycles. The summed E-state index contributed by atoms with van der Waals surface area (Å²) < 4.78 is 23.9. The van der Waals surface area contributed by atoms with Crippen LogP contribution in [-0.2, 0) is 14.6 Å². The van der Waals surface area contributed by atoms with Crippen LogP contribution in [-0.4, -0.2) is 31.4 Å². The maximum Gasteiger partial charge on any atom is 0.244 e. The van der Waals surface area contributed by atoms with E-state index in [1.807, 2.05) is 12.1 Å². The Hall–Kier alpha value is -0.660. The molecule has 1 unspecified atom stereocenters. The van der Waals surface area contributed by atoms with E-state index in [-0.39, 0.29) is 17.4 Å². The van der Waals surface area contributed by atoms with E-state index in [1.54, 1.807) is 13.0 Å². The maximum atomic E-state index is 11.8. The molecule has 0 bridgehead atoms. The molecule has 1 aromatic heterocycles. The minimum Gasteiger partial charge on any atom is -0.346 e. The van der Waals surface area contributed by atoms with Crippen LogP contribution in [0.1, 0.15) is 18.2 Å². The van der Waals surface area contributed by atoms with Crippen LogP contribution in [0.15, 0.2) is 22.0 Å². The Morgan fingerprint density at radius 1 is 1.53 bits per heavy atom. The van der Waals surface area contributed by atoms with Gasteiger partial charge in [0.25, 0.3) is 0 Å². The Kier molecular flexibility index (Phi) is 4.17. The van der Waals surface area contributed by atoms with Gasteiger partial charge >= 0.3 is 0 Å². The average Bonchev–Trinajstić information content (AvgIpc) is 2.80. The molecule has 104 valence electrons. The molecule has 0 radical (unpaired) electrons. The van der Waals surface area contributed by atoms with E-state index in [0.29, 0.717) is 6.42 Å². The van der Waals surface area contributed by atoms with Crippen molar-refractivity contribution in [1.29, 1.82) is 0 Å². The lowest BCUT2D eigenvalue weighted by atomic mass is 10.0. The molecule has 1 aliphatic heterocycles. The predicted molar refractivity (Wildman–Crippen MR) is 80.9 cm³/mol. The minimum atomic E-state index is -3.01. The van der Waals surface area contributed by atoms with Gasteiger partial charge in [0.05, 0.1) is 20.8 Å². The predicted octanol–water partition coefficient (Wildman–Crippen LogP) is 2.22. The summed E-state index contributed by atoms with van der Waals surface area (Å²) in [5.41, 5.74) is -0.643. The van der Waals surface area contributed by atoms with E-state index >= 15 is 0 Å². The second kappa shape index (κ2) is 5.38. The van der Waals surface area contributed by atoms with Crippen molar-refractivity contribution in [1.82, 2.24) is 5.32 Å². The summed E-state index contributed by atoms with van der Waals surface area (Å²) in [6, 6.07) is 3.81. The lowest BCUT2D eigenvalue weighted by Gasteiger charge is -2.22. The van der Waals surface area contributed by atoms with E-state index in [9.17, 15) is 13.2 Å². The molecule has 0 aromatic carbocycles. The molecule has 2 rings (SSSR count). The van der Waals surface area contributed by atoms with Crippen molar-refractivity contribution in [3.63, 3.8) is 0 Å². The zero-order valence-electron chi connectivity index (χ0n) is 10.3. The van der Waals surface area contributed by atoms with E-state index < -0.39 is 15.4 Å². The monoisotopic (exact) mass is 363 g/mol. The summed E-state index contributed by atoms with van der Waals surface area (Å²) in [5, 5.41) is 2.78. The first-order valence-electron chi connectivity index (χ1n) is 5.74. The van der Waals surface area contributed by atoms with Crippen LogP contribution >= 0.6 is 27.3 Å². The third-order valence-corrected chi connectivity index (χ3v) is 6.41. The molecule has 1 aromatic rings. The SMILES string of the molecule is CC1(NC(=O)/C=C/c2ccc(Br)s2)CCS(=O)(=O)C1. The van der Waals surface area contributed by atoms with Gasteiger partial charge in [0.1, 0.15) is 0 Å². The van der Waals surface area contributed by atoms with Gasteiger partial charge in [-0.05, 0) is 47.5 Å². The molecule has 1 aliphatic rings. The second-order valence-electron chi connectivity index (χ2n) is 4.87. The Morgan fingerprint density at radius 3 is 2.79 bits per heavy atom. The molecule has 1 amide bonds. The summed E-state index contributed by atoms with van der Waals surface area (Å²) in [6.45, 7) is 1.77. The topological polar surface area (TPSA) is 63.2 Å². The summed E-state index contributed by atoms with van der Waals surface area (Å²) in [7, 11) is -3.01. The van der Waals surface area contributed by atoms with Gasteiger partial charge < -0.3 is 5.32 Å². The number of hydrogen-bond acceptors (Lipinski definition) is 4.